The molecule has 0 saturated carbocycles. The maximum atomic E-state index is 13.5. The monoisotopic (exact) mass is 490 g/mol. The van der Waals surface area contributed by atoms with E-state index in [-0.39, 0.29) is 24.4 Å². The quantitative estimate of drug-likeness (QED) is 0.520. The Morgan fingerprint density at radius 3 is 2.46 bits per heavy atom. The van der Waals surface area contributed by atoms with Gasteiger partial charge >= 0.3 is 0 Å². The van der Waals surface area contributed by atoms with Gasteiger partial charge in [-0.25, -0.2) is 0 Å². The highest BCUT2D eigenvalue weighted by atomic mass is 32.2. The van der Waals surface area contributed by atoms with Crippen LogP contribution < -0.4 is 10.2 Å². The van der Waals surface area contributed by atoms with E-state index in [0.29, 0.717) is 16.5 Å². The zero-order valence-electron chi connectivity index (χ0n) is 20.1. The summed E-state index contributed by atoms with van der Waals surface area (Å²) in [4.78, 5) is 29.8. The number of rotatable bonds is 6. The van der Waals surface area contributed by atoms with Crippen LogP contribution in [0.1, 0.15) is 45.0 Å². The maximum Gasteiger partial charge on any atom is 0.244 e. The number of nitrogens with zero attached hydrogens (tertiary/aromatic N) is 5. The molecule has 0 aliphatic carbocycles. The Labute approximate surface area is 209 Å². The standard InChI is InChI=1S/C26H30N6O2S/c1-18(30-15-9-4-10-16-30)24-28-29-26(32(24)20-11-5-3-6-12-20)35-19(2)25(34)31-17-23(33)27-21-13-7-8-14-22(21)31/h3,5-8,11-14,18-19H,4,9-10,15-17H2,1-2H3,(H,27,33)/t18-,19+/m1/s1. The highest BCUT2D eigenvalue weighted by Crippen LogP contribution is 2.34. The summed E-state index contributed by atoms with van der Waals surface area (Å²) in [5.74, 6) is 0.549. The van der Waals surface area contributed by atoms with Gasteiger partial charge < -0.3 is 5.32 Å². The molecule has 2 aliphatic rings. The Morgan fingerprint density at radius 1 is 0.971 bits per heavy atom. The molecule has 3 aromatic rings. The number of carbonyl (C=O) groups excluding carboxylic acids is 2. The molecule has 0 unspecified atom stereocenters. The molecule has 1 N–H and O–H groups in total. The van der Waals surface area contributed by atoms with Crippen molar-refractivity contribution in [2.45, 2.75) is 49.6 Å². The topological polar surface area (TPSA) is 83.4 Å². The van der Waals surface area contributed by atoms with Gasteiger partial charge in [0, 0.05) is 5.69 Å². The number of nitrogens with one attached hydrogen (secondary N) is 1. The maximum absolute atomic E-state index is 13.5. The van der Waals surface area contributed by atoms with Crippen molar-refractivity contribution in [3.63, 3.8) is 0 Å². The molecule has 2 aliphatic heterocycles. The Hall–Kier alpha value is -3.17. The van der Waals surface area contributed by atoms with Crippen LogP contribution in [0.4, 0.5) is 11.4 Å². The van der Waals surface area contributed by atoms with Crippen LogP contribution in [0.5, 0.6) is 0 Å². The first-order valence-corrected chi connectivity index (χ1v) is 13.0. The van der Waals surface area contributed by atoms with Gasteiger partial charge in [0.2, 0.25) is 11.8 Å². The number of fused-ring (bicyclic) bond motifs is 1. The van der Waals surface area contributed by atoms with Gasteiger partial charge in [0.25, 0.3) is 0 Å². The first kappa shape index (κ1) is 23.6. The summed E-state index contributed by atoms with van der Waals surface area (Å²) in [6, 6.07) is 17.6. The number of likely N-dealkylation sites (tertiary alicyclic amines) is 1. The molecule has 0 bridgehead atoms. The molecule has 9 heteroatoms. The van der Waals surface area contributed by atoms with E-state index in [1.807, 2.05) is 61.5 Å². The lowest BCUT2D eigenvalue weighted by atomic mass is 10.1. The number of piperidine rings is 1. The summed E-state index contributed by atoms with van der Waals surface area (Å²) in [5, 5.41) is 12.2. The van der Waals surface area contributed by atoms with E-state index < -0.39 is 5.25 Å². The second-order valence-electron chi connectivity index (χ2n) is 9.03. The molecular formula is C26H30N6O2S. The van der Waals surface area contributed by atoms with Crippen LogP contribution in [0.25, 0.3) is 5.69 Å². The van der Waals surface area contributed by atoms with Crippen LogP contribution in [0.3, 0.4) is 0 Å². The summed E-state index contributed by atoms with van der Waals surface area (Å²) >= 11 is 1.38. The van der Waals surface area contributed by atoms with E-state index in [0.717, 1.165) is 24.6 Å². The normalized spacial score (nSPS) is 18.0. The highest BCUT2D eigenvalue weighted by molar-refractivity contribution is 8.00. The molecule has 1 fully saturated rings. The van der Waals surface area contributed by atoms with Crippen LogP contribution in [0.15, 0.2) is 59.8 Å². The lowest BCUT2D eigenvalue weighted by Gasteiger charge is -2.32. The number of aromatic nitrogens is 3. The molecule has 8 nitrogen and oxygen atoms in total. The number of para-hydroxylation sites is 3. The zero-order valence-corrected chi connectivity index (χ0v) is 20.9. The van der Waals surface area contributed by atoms with Crippen LogP contribution in [-0.4, -0.2) is 56.4 Å². The summed E-state index contributed by atoms with van der Waals surface area (Å²) in [7, 11) is 0. The molecule has 35 heavy (non-hydrogen) atoms. The van der Waals surface area contributed by atoms with Crippen molar-refractivity contribution >= 4 is 35.0 Å². The molecule has 0 radical (unpaired) electrons. The SMILES string of the molecule is C[C@H](Sc1nnc([C@@H](C)N2CCCCC2)n1-c1ccccc1)C(=O)N1CC(=O)Nc2ccccc21. The first-order chi connectivity index (χ1) is 17.0. The predicted molar refractivity (Wildman–Crippen MR) is 138 cm³/mol. The van der Waals surface area contributed by atoms with Crippen molar-refractivity contribution in [2.24, 2.45) is 0 Å². The van der Waals surface area contributed by atoms with Gasteiger partial charge in [0.05, 0.1) is 22.7 Å². The van der Waals surface area contributed by atoms with Crippen LogP contribution in [0, 0.1) is 0 Å². The number of hydrogen-bond donors (Lipinski definition) is 1. The van der Waals surface area contributed by atoms with Gasteiger partial charge in [0.15, 0.2) is 11.0 Å². The fraction of sp³-hybridized carbons (Fsp3) is 0.385. The predicted octanol–water partition coefficient (Wildman–Crippen LogP) is 4.28. The van der Waals surface area contributed by atoms with Crippen molar-refractivity contribution in [2.75, 3.05) is 29.9 Å². The van der Waals surface area contributed by atoms with Crippen LogP contribution >= 0.6 is 11.8 Å². The molecule has 2 amide bonds. The third kappa shape index (κ3) is 4.83. The lowest BCUT2D eigenvalue weighted by molar-refractivity contribution is -0.121. The molecule has 1 aromatic heterocycles. The van der Waals surface area contributed by atoms with Crippen molar-refractivity contribution in [1.29, 1.82) is 0 Å². The average molecular weight is 491 g/mol. The minimum absolute atomic E-state index is 0.00334. The number of thioether (sulfide) groups is 1. The fourth-order valence-corrected chi connectivity index (χ4v) is 5.71. The number of anilines is 2. The minimum atomic E-state index is -0.459. The van der Waals surface area contributed by atoms with Gasteiger partial charge in [-0.15, -0.1) is 10.2 Å². The molecule has 3 heterocycles. The Balaban J connectivity index is 1.43. The summed E-state index contributed by atoms with van der Waals surface area (Å²) in [5.41, 5.74) is 2.34. The van der Waals surface area contributed by atoms with E-state index in [1.165, 1.54) is 31.0 Å². The van der Waals surface area contributed by atoms with Crippen LogP contribution in [0.2, 0.25) is 0 Å². The van der Waals surface area contributed by atoms with Gasteiger partial charge in [0.1, 0.15) is 6.54 Å². The van der Waals surface area contributed by atoms with Crippen molar-refractivity contribution < 1.29 is 9.59 Å². The number of amides is 2. The van der Waals surface area contributed by atoms with Crippen LogP contribution in [-0.2, 0) is 9.59 Å². The van der Waals surface area contributed by atoms with E-state index in [1.54, 1.807) is 4.90 Å². The molecule has 1 saturated heterocycles. The molecule has 2 atom stereocenters. The second kappa shape index (κ2) is 10.2. The molecule has 182 valence electrons. The van der Waals surface area contributed by atoms with E-state index in [9.17, 15) is 9.59 Å². The van der Waals surface area contributed by atoms with E-state index in [4.69, 9.17) is 0 Å². The number of hydrogen-bond acceptors (Lipinski definition) is 6. The minimum Gasteiger partial charge on any atom is -0.323 e. The average Bonchev–Trinajstić information content (AvgIpc) is 3.31. The largest absolute Gasteiger partial charge is 0.323 e. The Morgan fingerprint density at radius 2 is 1.69 bits per heavy atom. The van der Waals surface area contributed by atoms with Crippen molar-refractivity contribution in [3.05, 3.63) is 60.4 Å². The lowest BCUT2D eigenvalue weighted by Crippen LogP contribution is -2.45. The summed E-state index contributed by atoms with van der Waals surface area (Å²) in [6.45, 7) is 6.15. The number of carbonyl (C=O) groups is 2. The second-order valence-corrected chi connectivity index (χ2v) is 10.3. The third-order valence-electron chi connectivity index (χ3n) is 6.65. The van der Waals surface area contributed by atoms with Crippen molar-refractivity contribution in [1.82, 2.24) is 19.7 Å². The summed E-state index contributed by atoms with van der Waals surface area (Å²) < 4.78 is 2.07. The van der Waals surface area contributed by atoms with E-state index >= 15 is 0 Å². The molecule has 2 aromatic carbocycles. The number of benzene rings is 2. The third-order valence-corrected chi connectivity index (χ3v) is 7.68. The zero-order chi connectivity index (χ0) is 24.4. The fourth-order valence-electron chi connectivity index (χ4n) is 4.77. The molecular weight excluding hydrogens is 460 g/mol. The molecule has 5 rings (SSSR count). The van der Waals surface area contributed by atoms with Gasteiger partial charge in [-0.1, -0.05) is 48.5 Å². The van der Waals surface area contributed by atoms with Gasteiger partial charge in [-0.3, -0.25) is 24.0 Å². The van der Waals surface area contributed by atoms with Crippen molar-refractivity contribution in [3.8, 4) is 5.69 Å². The smallest absolute Gasteiger partial charge is 0.244 e. The van der Waals surface area contributed by atoms with E-state index in [2.05, 4.69) is 31.9 Å². The Kier molecular flexibility index (Phi) is 6.88. The molecule has 0 spiro atoms. The van der Waals surface area contributed by atoms with Gasteiger partial charge in [-0.2, -0.15) is 0 Å². The first-order valence-electron chi connectivity index (χ1n) is 12.1. The highest BCUT2D eigenvalue weighted by Gasteiger charge is 2.32. The van der Waals surface area contributed by atoms with Gasteiger partial charge in [-0.05, 0) is 64.0 Å². The Bertz CT molecular complexity index is 1210. The summed E-state index contributed by atoms with van der Waals surface area (Å²) in [6.07, 6.45) is 3.66.